The summed E-state index contributed by atoms with van der Waals surface area (Å²) in [6, 6.07) is 1.91. The minimum atomic E-state index is 0.0773. The number of aromatic nitrogens is 1. The zero-order valence-corrected chi connectivity index (χ0v) is 11.5. The Morgan fingerprint density at radius 3 is 2.62 bits per heavy atom. The van der Waals surface area contributed by atoms with Crippen molar-refractivity contribution in [1.29, 1.82) is 0 Å². The molecule has 1 rings (SSSR count). The summed E-state index contributed by atoms with van der Waals surface area (Å²) in [6.45, 7) is 6.00. The van der Waals surface area contributed by atoms with Gasteiger partial charge in [0.25, 0.3) is 0 Å². The number of rotatable bonds is 4. The van der Waals surface area contributed by atoms with E-state index in [1.807, 2.05) is 26.8 Å². The van der Waals surface area contributed by atoms with E-state index in [-0.39, 0.29) is 11.8 Å². The van der Waals surface area contributed by atoms with Gasteiger partial charge in [0.1, 0.15) is 4.60 Å². The third-order valence-corrected chi connectivity index (χ3v) is 3.47. The first-order chi connectivity index (χ1) is 7.58. The van der Waals surface area contributed by atoms with E-state index >= 15 is 0 Å². The van der Waals surface area contributed by atoms with Crippen molar-refractivity contribution in [3.8, 4) is 0 Å². The fourth-order valence-corrected chi connectivity index (χ4v) is 1.75. The SMILES string of the molecule is CCC(CC)C(=O)Nc1cnc(Br)c(C)c1. The van der Waals surface area contributed by atoms with Crippen molar-refractivity contribution in [2.45, 2.75) is 33.6 Å². The summed E-state index contributed by atoms with van der Waals surface area (Å²) in [4.78, 5) is 16.0. The Labute approximate surface area is 105 Å². The highest BCUT2D eigenvalue weighted by Gasteiger charge is 2.14. The lowest BCUT2D eigenvalue weighted by molar-refractivity contribution is -0.120. The molecule has 88 valence electrons. The van der Waals surface area contributed by atoms with Crippen LogP contribution >= 0.6 is 15.9 Å². The van der Waals surface area contributed by atoms with E-state index in [2.05, 4.69) is 26.2 Å². The summed E-state index contributed by atoms with van der Waals surface area (Å²) < 4.78 is 0.813. The number of aryl methyl sites for hydroxylation is 1. The Bertz CT molecular complexity index is 375. The fraction of sp³-hybridized carbons (Fsp3) is 0.500. The Balaban J connectivity index is 2.73. The number of nitrogens with one attached hydrogen (secondary N) is 1. The number of carbonyl (C=O) groups is 1. The van der Waals surface area contributed by atoms with Crippen LogP contribution in [0.25, 0.3) is 0 Å². The normalized spacial score (nSPS) is 10.6. The molecular weight excluding hydrogens is 268 g/mol. The summed E-state index contributed by atoms with van der Waals surface area (Å²) in [6.07, 6.45) is 3.40. The second kappa shape index (κ2) is 5.99. The Kier molecular flexibility index (Phi) is 4.93. The first-order valence-electron chi connectivity index (χ1n) is 5.51. The fourth-order valence-electron chi connectivity index (χ4n) is 1.53. The molecule has 0 unspecified atom stereocenters. The van der Waals surface area contributed by atoms with Crippen molar-refractivity contribution in [3.63, 3.8) is 0 Å². The number of pyridine rings is 1. The highest BCUT2D eigenvalue weighted by Crippen LogP contribution is 2.18. The predicted molar refractivity (Wildman–Crippen MR) is 69.4 cm³/mol. The van der Waals surface area contributed by atoms with Crippen LogP contribution in [0.5, 0.6) is 0 Å². The van der Waals surface area contributed by atoms with Crippen molar-refractivity contribution in [3.05, 3.63) is 22.4 Å². The first kappa shape index (κ1) is 13.2. The number of halogens is 1. The van der Waals surface area contributed by atoms with E-state index in [1.54, 1.807) is 6.20 Å². The summed E-state index contributed by atoms with van der Waals surface area (Å²) in [5.41, 5.74) is 1.78. The lowest BCUT2D eigenvalue weighted by Gasteiger charge is -2.12. The monoisotopic (exact) mass is 284 g/mol. The van der Waals surface area contributed by atoms with Gasteiger partial charge in [0.2, 0.25) is 5.91 Å². The lowest BCUT2D eigenvalue weighted by atomic mass is 10.0. The van der Waals surface area contributed by atoms with Gasteiger partial charge in [-0.15, -0.1) is 0 Å². The molecule has 0 atom stereocenters. The van der Waals surface area contributed by atoms with Crippen molar-refractivity contribution in [1.82, 2.24) is 4.98 Å². The number of anilines is 1. The minimum Gasteiger partial charge on any atom is -0.324 e. The van der Waals surface area contributed by atoms with Crippen molar-refractivity contribution >= 4 is 27.5 Å². The Hall–Kier alpha value is -0.900. The molecule has 0 bridgehead atoms. The predicted octanol–water partition coefficient (Wildman–Crippen LogP) is 3.53. The number of amides is 1. The smallest absolute Gasteiger partial charge is 0.227 e. The zero-order valence-electron chi connectivity index (χ0n) is 9.88. The van der Waals surface area contributed by atoms with E-state index in [4.69, 9.17) is 0 Å². The van der Waals surface area contributed by atoms with Crippen LogP contribution in [0.2, 0.25) is 0 Å². The van der Waals surface area contributed by atoms with Gasteiger partial charge in [0.05, 0.1) is 11.9 Å². The minimum absolute atomic E-state index is 0.0773. The van der Waals surface area contributed by atoms with Gasteiger partial charge in [-0.3, -0.25) is 4.79 Å². The molecule has 0 aliphatic carbocycles. The maximum atomic E-state index is 11.8. The summed E-state index contributed by atoms with van der Waals surface area (Å²) in [5.74, 6) is 0.164. The molecule has 0 saturated carbocycles. The number of hydrogen-bond acceptors (Lipinski definition) is 2. The quantitative estimate of drug-likeness (QED) is 0.860. The lowest BCUT2D eigenvalue weighted by Crippen LogP contribution is -2.21. The molecule has 1 aromatic heterocycles. The molecule has 0 spiro atoms. The molecule has 0 aromatic carbocycles. The molecule has 1 N–H and O–H groups in total. The van der Waals surface area contributed by atoms with Crippen molar-refractivity contribution in [2.24, 2.45) is 5.92 Å². The molecule has 1 aromatic rings. The Morgan fingerprint density at radius 2 is 2.12 bits per heavy atom. The molecule has 1 heterocycles. The third kappa shape index (κ3) is 3.30. The molecule has 0 saturated heterocycles. The highest BCUT2D eigenvalue weighted by atomic mass is 79.9. The molecule has 4 heteroatoms. The molecule has 0 aliphatic rings. The second-order valence-corrected chi connectivity index (χ2v) is 4.59. The molecule has 3 nitrogen and oxygen atoms in total. The molecule has 1 amide bonds. The van der Waals surface area contributed by atoms with Gasteiger partial charge in [0.15, 0.2) is 0 Å². The number of hydrogen-bond donors (Lipinski definition) is 1. The van der Waals surface area contributed by atoms with Crippen LogP contribution in [0.4, 0.5) is 5.69 Å². The van der Waals surface area contributed by atoms with Gasteiger partial charge in [-0.1, -0.05) is 13.8 Å². The molecule has 0 radical (unpaired) electrons. The maximum Gasteiger partial charge on any atom is 0.227 e. The van der Waals surface area contributed by atoms with E-state index < -0.39 is 0 Å². The van der Waals surface area contributed by atoms with Gasteiger partial charge >= 0.3 is 0 Å². The van der Waals surface area contributed by atoms with E-state index in [1.165, 1.54) is 0 Å². The first-order valence-corrected chi connectivity index (χ1v) is 6.30. The van der Waals surface area contributed by atoms with Gasteiger partial charge < -0.3 is 5.32 Å². The van der Waals surface area contributed by atoms with Crippen LogP contribution in [0.1, 0.15) is 32.3 Å². The van der Waals surface area contributed by atoms with E-state index in [0.29, 0.717) is 0 Å². The van der Waals surface area contributed by atoms with Crippen LogP contribution in [-0.2, 0) is 4.79 Å². The van der Waals surface area contributed by atoms with Gasteiger partial charge in [-0.2, -0.15) is 0 Å². The average Bonchev–Trinajstić information content (AvgIpc) is 2.25. The third-order valence-electron chi connectivity index (χ3n) is 2.64. The van der Waals surface area contributed by atoms with Gasteiger partial charge in [0, 0.05) is 5.92 Å². The topological polar surface area (TPSA) is 42.0 Å². The maximum absolute atomic E-state index is 11.8. The largest absolute Gasteiger partial charge is 0.324 e. The van der Waals surface area contributed by atoms with Crippen LogP contribution in [0.15, 0.2) is 16.9 Å². The second-order valence-electron chi connectivity index (χ2n) is 3.83. The summed E-state index contributed by atoms with van der Waals surface area (Å²) in [7, 11) is 0. The van der Waals surface area contributed by atoms with Crippen molar-refractivity contribution in [2.75, 3.05) is 5.32 Å². The summed E-state index contributed by atoms with van der Waals surface area (Å²) in [5, 5.41) is 2.89. The van der Waals surface area contributed by atoms with Crippen LogP contribution in [0, 0.1) is 12.8 Å². The number of nitrogens with zero attached hydrogens (tertiary/aromatic N) is 1. The standard InChI is InChI=1S/C12H17BrN2O/c1-4-9(5-2)12(16)15-10-6-8(3)11(13)14-7-10/h6-7,9H,4-5H2,1-3H3,(H,15,16). The highest BCUT2D eigenvalue weighted by molar-refractivity contribution is 9.10. The van der Waals surface area contributed by atoms with Crippen LogP contribution in [0.3, 0.4) is 0 Å². The molecule has 16 heavy (non-hydrogen) atoms. The zero-order chi connectivity index (χ0) is 12.1. The Morgan fingerprint density at radius 1 is 1.50 bits per heavy atom. The van der Waals surface area contributed by atoms with Crippen LogP contribution in [-0.4, -0.2) is 10.9 Å². The van der Waals surface area contributed by atoms with E-state index in [0.717, 1.165) is 28.7 Å². The molecular formula is C12H17BrN2O. The summed E-state index contributed by atoms with van der Waals surface area (Å²) >= 11 is 3.33. The van der Waals surface area contributed by atoms with Crippen molar-refractivity contribution < 1.29 is 4.79 Å². The van der Waals surface area contributed by atoms with Crippen LogP contribution < -0.4 is 5.32 Å². The van der Waals surface area contributed by atoms with Gasteiger partial charge in [-0.05, 0) is 47.3 Å². The average molecular weight is 285 g/mol. The van der Waals surface area contributed by atoms with Gasteiger partial charge in [-0.25, -0.2) is 4.98 Å². The molecule has 0 aliphatic heterocycles. The molecule has 0 fully saturated rings. The van der Waals surface area contributed by atoms with E-state index in [9.17, 15) is 4.79 Å². The number of carbonyl (C=O) groups excluding carboxylic acids is 1.